The number of thiazole rings is 1. The van der Waals surface area contributed by atoms with Crippen LogP contribution in [0.2, 0.25) is 0 Å². The van der Waals surface area contributed by atoms with Gasteiger partial charge in [0.05, 0.1) is 6.61 Å². The Kier molecular flexibility index (Phi) is 2.39. The Morgan fingerprint density at radius 2 is 2.64 bits per heavy atom. The molecule has 0 bridgehead atoms. The largest absolute Gasteiger partial charge is 0.465 e. The van der Waals surface area contributed by atoms with E-state index in [-0.39, 0.29) is 12.8 Å². The van der Waals surface area contributed by atoms with Crippen molar-refractivity contribution in [2.45, 2.75) is 13.0 Å². The number of amides is 1. The van der Waals surface area contributed by atoms with Gasteiger partial charge in [-0.25, -0.2) is 9.78 Å². The van der Waals surface area contributed by atoms with Crippen molar-refractivity contribution < 1.29 is 14.6 Å². The molecule has 0 aromatic carbocycles. The molecule has 0 radical (unpaired) electrons. The lowest BCUT2D eigenvalue weighted by Crippen LogP contribution is -2.29. The Balaban J connectivity index is 2.21. The summed E-state index contributed by atoms with van der Waals surface area (Å²) in [5.41, 5.74) is 0.919. The molecule has 1 saturated heterocycles. The number of nitrogens with zero attached hydrogens (tertiary/aromatic N) is 2. The molecule has 1 amide bonds. The van der Waals surface area contributed by atoms with Crippen molar-refractivity contribution in [1.82, 2.24) is 9.88 Å². The normalized spacial score (nSPS) is 21.5. The fourth-order valence-electron chi connectivity index (χ4n) is 1.36. The van der Waals surface area contributed by atoms with Crippen LogP contribution in [-0.2, 0) is 4.74 Å². The first-order valence-corrected chi connectivity index (χ1v) is 5.06. The number of carboxylic acid groups (broad SMARTS) is 1. The summed E-state index contributed by atoms with van der Waals surface area (Å²) in [6.07, 6.45) is -0.958. The molecule has 14 heavy (non-hydrogen) atoms. The van der Waals surface area contributed by atoms with E-state index in [0.717, 1.165) is 10.7 Å². The minimum atomic E-state index is -0.958. The molecule has 0 spiro atoms. The fraction of sp³-hybridized carbons (Fsp3) is 0.500. The molecule has 6 heteroatoms. The van der Waals surface area contributed by atoms with Crippen LogP contribution in [0.15, 0.2) is 5.38 Å². The summed E-state index contributed by atoms with van der Waals surface area (Å²) in [6.45, 7) is 2.43. The molecule has 0 aliphatic carbocycles. The van der Waals surface area contributed by atoms with Gasteiger partial charge in [-0.1, -0.05) is 0 Å². The molecule has 76 valence electrons. The van der Waals surface area contributed by atoms with Gasteiger partial charge in [-0.05, 0) is 6.92 Å². The lowest BCUT2D eigenvalue weighted by atomic mass is 10.3. The third kappa shape index (κ3) is 1.58. The smallest absolute Gasteiger partial charge is 0.409 e. The minimum absolute atomic E-state index is 0.138. The number of carbonyl (C=O) groups is 1. The Bertz CT molecular complexity index is 352. The van der Waals surface area contributed by atoms with E-state index < -0.39 is 6.09 Å². The first kappa shape index (κ1) is 9.42. The Morgan fingerprint density at radius 3 is 3.21 bits per heavy atom. The van der Waals surface area contributed by atoms with Crippen LogP contribution in [0.4, 0.5) is 4.79 Å². The highest BCUT2D eigenvalue weighted by Crippen LogP contribution is 2.28. The van der Waals surface area contributed by atoms with E-state index in [9.17, 15) is 4.79 Å². The molecule has 1 unspecified atom stereocenters. The lowest BCUT2D eigenvalue weighted by molar-refractivity contribution is 0.111. The van der Waals surface area contributed by atoms with E-state index in [1.165, 1.54) is 16.2 Å². The Hall–Kier alpha value is -1.14. The van der Waals surface area contributed by atoms with E-state index in [1.807, 2.05) is 12.3 Å². The standard InChI is InChI=1S/C8H10N2O3S/c1-5-3-14-7(9-5)6-2-13-4-10(6)8(11)12/h3,6H,2,4H2,1H3,(H,11,12). The van der Waals surface area contributed by atoms with Crippen molar-refractivity contribution in [3.8, 4) is 0 Å². The summed E-state index contributed by atoms with van der Waals surface area (Å²) in [5.74, 6) is 0. The van der Waals surface area contributed by atoms with Crippen molar-refractivity contribution in [2.75, 3.05) is 13.3 Å². The summed E-state index contributed by atoms with van der Waals surface area (Å²) in [5, 5.41) is 11.6. The average Bonchev–Trinajstić information content (AvgIpc) is 2.70. The maximum atomic E-state index is 10.8. The topological polar surface area (TPSA) is 62.7 Å². The van der Waals surface area contributed by atoms with Crippen LogP contribution in [0.25, 0.3) is 0 Å². The van der Waals surface area contributed by atoms with E-state index in [1.54, 1.807) is 0 Å². The third-order valence-electron chi connectivity index (χ3n) is 2.05. The fourth-order valence-corrected chi connectivity index (χ4v) is 2.25. The zero-order valence-corrected chi connectivity index (χ0v) is 8.45. The molecule has 1 aliphatic heterocycles. The first-order valence-electron chi connectivity index (χ1n) is 4.18. The van der Waals surface area contributed by atoms with Gasteiger partial charge in [0.15, 0.2) is 0 Å². The first-order chi connectivity index (χ1) is 6.68. The van der Waals surface area contributed by atoms with Crippen LogP contribution >= 0.6 is 11.3 Å². The van der Waals surface area contributed by atoms with Gasteiger partial charge in [0, 0.05) is 11.1 Å². The molecule has 1 aromatic heterocycles. The number of aryl methyl sites for hydroxylation is 1. The highest BCUT2D eigenvalue weighted by atomic mass is 32.1. The van der Waals surface area contributed by atoms with Crippen molar-refractivity contribution in [3.05, 3.63) is 16.1 Å². The highest BCUT2D eigenvalue weighted by molar-refractivity contribution is 7.09. The maximum absolute atomic E-state index is 10.8. The molecule has 2 heterocycles. The van der Waals surface area contributed by atoms with Gasteiger partial charge in [0.1, 0.15) is 17.8 Å². The number of ether oxygens (including phenoxy) is 1. The van der Waals surface area contributed by atoms with Gasteiger partial charge in [-0.15, -0.1) is 11.3 Å². The Morgan fingerprint density at radius 1 is 1.86 bits per heavy atom. The predicted molar refractivity (Wildman–Crippen MR) is 50.3 cm³/mol. The molecular formula is C8H10N2O3S. The summed E-state index contributed by atoms with van der Waals surface area (Å²) in [7, 11) is 0. The van der Waals surface area contributed by atoms with E-state index in [0.29, 0.717) is 6.61 Å². The molecule has 2 rings (SSSR count). The van der Waals surface area contributed by atoms with Crippen LogP contribution in [0.3, 0.4) is 0 Å². The van der Waals surface area contributed by atoms with Gasteiger partial charge in [-0.2, -0.15) is 0 Å². The third-order valence-corrected chi connectivity index (χ3v) is 3.11. The summed E-state index contributed by atoms with van der Waals surface area (Å²) in [6, 6.07) is -0.230. The molecular weight excluding hydrogens is 204 g/mol. The molecule has 0 saturated carbocycles. The van der Waals surface area contributed by atoms with Gasteiger partial charge >= 0.3 is 6.09 Å². The van der Waals surface area contributed by atoms with E-state index in [2.05, 4.69) is 4.98 Å². The zero-order chi connectivity index (χ0) is 10.1. The van der Waals surface area contributed by atoms with Crippen LogP contribution in [0.5, 0.6) is 0 Å². The second-order valence-corrected chi connectivity index (χ2v) is 3.98. The molecule has 1 aliphatic rings. The number of aromatic nitrogens is 1. The van der Waals surface area contributed by atoms with Crippen LogP contribution in [0.1, 0.15) is 16.7 Å². The second kappa shape index (κ2) is 3.55. The second-order valence-electron chi connectivity index (χ2n) is 3.10. The predicted octanol–water partition coefficient (Wildman–Crippen LogP) is 1.46. The lowest BCUT2D eigenvalue weighted by Gasteiger charge is -2.16. The summed E-state index contributed by atoms with van der Waals surface area (Å²) < 4.78 is 5.11. The van der Waals surface area contributed by atoms with Crippen molar-refractivity contribution in [2.24, 2.45) is 0 Å². The van der Waals surface area contributed by atoms with Crippen molar-refractivity contribution in [3.63, 3.8) is 0 Å². The van der Waals surface area contributed by atoms with Crippen molar-refractivity contribution >= 4 is 17.4 Å². The average molecular weight is 214 g/mol. The molecule has 1 fully saturated rings. The number of rotatable bonds is 1. The number of hydrogen-bond donors (Lipinski definition) is 1. The van der Waals surface area contributed by atoms with Gasteiger partial charge in [0.25, 0.3) is 0 Å². The van der Waals surface area contributed by atoms with Crippen molar-refractivity contribution in [1.29, 1.82) is 0 Å². The molecule has 5 nitrogen and oxygen atoms in total. The van der Waals surface area contributed by atoms with Gasteiger partial charge in [-0.3, -0.25) is 4.90 Å². The molecule has 1 atom stereocenters. The maximum Gasteiger partial charge on any atom is 0.409 e. The monoisotopic (exact) mass is 214 g/mol. The zero-order valence-electron chi connectivity index (χ0n) is 7.64. The van der Waals surface area contributed by atoms with Gasteiger partial charge < -0.3 is 9.84 Å². The SMILES string of the molecule is Cc1csc(C2COCN2C(=O)O)n1. The highest BCUT2D eigenvalue weighted by Gasteiger charge is 2.32. The molecule has 1 aromatic rings. The minimum Gasteiger partial charge on any atom is -0.465 e. The van der Waals surface area contributed by atoms with Crippen LogP contribution in [-0.4, -0.2) is 34.4 Å². The Labute approximate surface area is 84.9 Å². The van der Waals surface area contributed by atoms with Crippen LogP contribution in [0, 0.1) is 6.92 Å². The molecule has 1 N–H and O–H groups in total. The van der Waals surface area contributed by atoms with Gasteiger partial charge in [0.2, 0.25) is 0 Å². The van der Waals surface area contributed by atoms with Crippen LogP contribution < -0.4 is 0 Å². The quantitative estimate of drug-likeness (QED) is 0.768. The summed E-state index contributed by atoms with van der Waals surface area (Å²) >= 11 is 1.47. The number of hydrogen-bond acceptors (Lipinski definition) is 4. The van der Waals surface area contributed by atoms with E-state index >= 15 is 0 Å². The van der Waals surface area contributed by atoms with E-state index in [4.69, 9.17) is 9.84 Å². The summed E-state index contributed by atoms with van der Waals surface area (Å²) in [4.78, 5) is 16.3.